The van der Waals surface area contributed by atoms with Crippen molar-refractivity contribution < 1.29 is 13.2 Å². The van der Waals surface area contributed by atoms with E-state index in [1.54, 1.807) is 43.6 Å². The summed E-state index contributed by atoms with van der Waals surface area (Å²) < 4.78 is 28.9. The number of anilines is 2. The second kappa shape index (κ2) is 7.96. The van der Waals surface area contributed by atoms with E-state index in [0.717, 1.165) is 5.56 Å². The zero-order valence-electron chi connectivity index (χ0n) is 16.3. The van der Waals surface area contributed by atoms with Gasteiger partial charge in [-0.15, -0.1) is 0 Å². The van der Waals surface area contributed by atoms with Gasteiger partial charge in [0.25, 0.3) is 0 Å². The lowest BCUT2D eigenvalue weighted by Crippen LogP contribution is -2.00. The Hall–Kier alpha value is -3.72. The Kier molecular flexibility index (Phi) is 5.20. The molecule has 0 amide bonds. The van der Waals surface area contributed by atoms with Crippen LogP contribution in [0.1, 0.15) is 0 Å². The molecule has 9 heteroatoms. The lowest BCUT2D eigenvalue weighted by atomic mass is 10.2. The fourth-order valence-corrected chi connectivity index (χ4v) is 3.58. The van der Waals surface area contributed by atoms with Crippen LogP contribution < -0.4 is 10.1 Å². The maximum Gasteiger partial charge on any atom is 0.181 e. The molecule has 0 saturated heterocycles. The number of sulfone groups is 1. The van der Waals surface area contributed by atoms with Crippen LogP contribution in [-0.2, 0) is 9.84 Å². The van der Waals surface area contributed by atoms with Crippen molar-refractivity contribution in [1.29, 1.82) is 0 Å². The minimum Gasteiger partial charge on any atom is -0.497 e. The smallest absolute Gasteiger partial charge is 0.181 e. The number of benzene rings is 2. The molecule has 2 N–H and O–H groups in total. The molecule has 2 heterocycles. The zero-order chi connectivity index (χ0) is 21.1. The minimum absolute atomic E-state index is 0.227. The van der Waals surface area contributed by atoms with Crippen LogP contribution in [0.3, 0.4) is 0 Å². The Morgan fingerprint density at radius 3 is 2.67 bits per heavy atom. The summed E-state index contributed by atoms with van der Waals surface area (Å²) in [6.45, 7) is 0. The second-order valence-electron chi connectivity index (χ2n) is 6.56. The number of nitrogens with one attached hydrogen (secondary N) is 2. The molecule has 8 nitrogen and oxygen atoms in total. The van der Waals surface area contributed by atoms with Gasteiger partial charge in [-0.05, 0) is 42.5 Å². The highest BCUT2D eigenvalue weighted by atomic mass is 32.2. The van der Waals surface area contributed by atoms with Crippen LogP contribution in [-0.4, -0.2) is 41.9 Å². The molecule has 0 unspecified atom stereocenters. The molecule has 0 aliphatic heterocycles. The van der Waals surface area contributed by atoms with Crippen LogP contribution in [0.5, 0.6) is 5.75 Å². The molecule has 0 aliphatic rings. The van der Waals surface area contributed by atoms with Gasteiger partial charge in [-0.2, -0.15) is 5.10 Å². The van der Waals surface area contributed by atoms with E-state index in [4.69, 9.17) is 4.74 Å². The molecule has 152 valence electrons. The summed E-state index contributed by atoms with van der Waals surface area (Å²) in [7, 11) is -1.71. The summed E-state index contributed by atoms with van der Waals surface area (Å²) in [6, 6.07) is 17.7. The lowest BCUT2D eigenvalue weighted by Gasteiger charge is -2.10. The van der Waals surface area contributed by atoms with E-state index in [1.165, 1.54) is 6.26 Å². The molecule has 0 bridgehead atoms. The number of pyridine rings is 1. The van der Waals surface area contributed by atoms with E-state index in [1.807, 2.05) is 30.3 Å². The maximum atomic E-state index is 11.8. The first-order valence-corrected chi connectivity index (χ1v) is 10.9. The first-order chi connectivity index (χ1) is 14.4. The van der Waals surface area contributed by atoms with Gasteiger partial charge in [0.1, 0.15) is 11.6 Å². The number of H-pyrrole nitrogens is 1. The van der Waals surface area contributed by atoms with Gasteiger partial charge in [-0.25, -0.2) is 18.4 Å². The van der Waals surface area contributed by atoms with Gasteiger partial charge < -0.3 is 10.1 Å². The van der Waals surface area contributed by atoms with Crippen molar-refractivity contribution in [3.63, 3.8) is 0 Å². The van der Waals surface area contributed by atoms with Gasteiger partial charge in [-0.3, -0.25) is 5.10 Å². The fraction of sp³-hybridized carbons (Fsp3) is 0.0952. The first-order valence-electron chi connectivity index (χ1n) is 9.03. The molecular weight excluding hydrogens is 402 g/mol. The summed E-state index contributed by atoms with van der Waals surface area (Å²) in [5.41, 5.74) is 2.12. The Balaban J connectivity index is 1.67. The number of hydrogen-bond donors (Lipinski definition) is 2. The van der Waals surface area contributed by atoms with Crippen molar-refractivity contribution >= 4 is 21.3 Å². The van der Waals surface area contributed by atoms with Crippen LogP contribution in [0.25, 0.3) is 22.8 Å². The van der Waals surface area contributed by atoms with E-state index in [9.17, 15) is 8.42 Å². The summed E-state index contributed by atoms with van der Waals surface area (Å²) in [5, 5.41) is 10.4. The van der Waals surface area contributed by atoms with Gasteiger partial charge in [0.2, 0.25) is 0 Å². The van der Waals surface area contributed by atoms with Gasteiger partial charge >= 0.3 is 0 Å². The van der Waals surface area contributed by atoms with Crippen LogP contribution in [0, 0.1) is 0 Å². The number of hydrogen-bond acceptors (Lipinski definition) is 7. The Bertz CT molecular complexity index is 1300. The van der Waals surface area contributed by atoms with Gasteiger partial charge in [0, 0.05) is 23.7 Å². The van der Waals surface area contributed by atoms with Crippen molar-refractivity contribution in [2.75, 3.05) is 18.7 Å². The third-order valence-corrected chi connectivity index (χ3v) is 5.51. The number of aromatic amines is 1. The van der Waals surface area contributed by atoms with Gasteiger partial charge in [0.15, 0.2) is 21.5 Å². The number of aromatic nitrogens is 4. The van der Waals surface area contributed by atoms with Crippen molar-refractivity contribution in [1.82, 2.24) is 20.2 Å². The van der Waals surface area contributed by atoms with Crippen LogP contribution in [0.15, 0.2) is 71.8 Å². The second-order valence-corrected chi connectivity index (χ2v) is 8.58. The highest BCUT2D eigenvalue weighted by molar-refractivity contribution is 7.90. The van der Waals surface area contributed by atoms with Crippen molar-refractivity contribution in [2.24, 2.45) is 0 Å². The third kappa shape index (κ3) is 4.15. The molecule has 30 heavy (non-hydrogen) atoms. The topological polar surface area (TPSA) is 110 Å². The summed E-state index contributed by atoms with van der Waals surface area (Å²) in [6.07, 6.45) is 2.82. The molecule has 0 atom stereocenters. The van der Waals surface area contributed by atoms with Crippen LogP contribution in [0.2, 0.25) is 0 Å². The largest absolute Gasteiger partial charge is 0.497 e. The van der Waals surface area contributed by atoms with Crippen molar-refractivity contribution in [3.05, 3.63) is 66.9 Å². The minimum atomic E-state index is -3.31. The molecule has 4 aromatic rings. The molecule has 2 aromatic carbocycles. The Labute approximate surface area is 173 Å². The number of methoxy groups -OCH3 is 1. The van der Waals surface area contributed by atoms with Crippen LogP contribution in [0.4, 0.5) is 11.5 Å². The Morgan fingerprint density at radius 1 is 1.03 bits per heavy atom. The highest BCUT2D eigenvalue weighted by Crippen LogP contribution is 2.29. The maximum absolute atomic E-state index is 11.8. The van der Waals surface area contributed by atoms with E-state index in [-0.39, 0.29) is 4.90 Å². The van der Waals surface area contributed by atoms with E-state index in [2.05, 4.69) is 25.5 Å². The average molecular weight is 421 g/mol. The monoisotopic (exact) mass is 421 g/mol. The number of nitrogens with zero attached hydrogens (tertiary/aromatic N) is 3. The van der Waals surface area contributed by atoms with E-state index in [0.29, 0.717) is 34.5 Å². The first kappa shape index (κ1) is 19.6. The van der Waals surface area contributed by atoms with Crippen molar-refractivity contribution in [2.45, 2.75) is 4.90 Å². The molecule has 0 aliphatic carbocycles. The zero-order valence-corrected chi connectivity index (χ0v) is 17.1. The quantitative estimate of drug-likeness (QED) is 0.488. The molecule has 0 saturated carbocycles. The Morgan fingerprint density at radius 2 is 1.87 bits per heavy atom. The molecular formula is C21H19N5O3S. The van der Waals surface area contributed by atoms with E-state index >= 15 is 0 Å². The number of rotatable bonds is 6. The highest BCUT2D eigenvalue weighted by Gasteiger charge is 2.14. The predicted octanol–water partition coefficient (Wildman–Crippen LogP) is 3.69. The third-order valence-electron chi connectivity index (χ3n) is 4.40. The summed E-state index contributed by atoms with van der Waals surface area (Å²) in [4.78, 5) is 9.20. The van der Waals surface area contributed by atoms with Gasteiger partial charge in [-0.1, -0.05) is 18.2 Å². The average Bonchev–Trinajstić information content (AvgIpc) is 3.24. The molecule has 0 fully saturated rings. The van der Waals surface area contributed by atoms with Crippen LogP contribution >= 0.6 is 0 Å². The van der Waals surface area contributed by atoms with E-state index < -0.39 is 9.84 Å². The molecule has 0 radical (unpaired) electrons. The lowest BCUT2D eigenvalue weighted by molar-refractivity contribution is 0.415. The summed E-state index contributed by atoms with van der Waals surface area (Å²) >= 11 is 0. The SMILES string of the molecule is COc1cccc(-c2n[nH]c(-c3cccnc3Nc3cccc(S(C)(=O)=O)c3)n2)c1. The van der Waals surface area contributed by atoms with Crippen molar-refractivity contribution in [3.8, 4) is 28.5 Å². The predicted molar refractivity (Wildman–Crippen MR) is 114 cm³/mol. The summed E-state index contributed by atoms with van der Waals surface area (Å²) in [5.74, 6) is 2.30. The van der Waals surface area contributed by atoms with Gasteiger partial charge in [0.05, 0.1) is 17.6 Å². The number of ether oxygens (including phenoxy) is 1. The molecule has 0 spiro atoms. The normalized spacial score (nSPS) is 11.3. The molecule has 2 aromatic heterocycles. The standard InChI is InChI=1S/C21H19N5O3S/c1-29-16-8-3-6-14(12-16)19-24-21(26-25-19)18-10-5-11-22-20(18)23-15-7-4-9-17(13-15)30(2,27)28/h3-13H,1-2H3,(H,22,23)(H,24,25,26). The molecule has 4 rings (SSSR count). The fourth-order valence-electron chi connectivity index (χ4n) is 2.91.